The molecule has 0 radical (unpaired) electrons. The standard InChI is InChI=1S/C14H18F3NO2/c1-3-12(2)9-13(19,5-7-20-12)11-8-18-6-4-10(11)14(15,16)17/h4,6,8,19H,3,5,7,9H2,1-2H3. The molecule has 0 aromatic carbocycles. The van der Waals surface area contributed by atoms with Crippen molar-refractivity contribution in [2.24, 2.45) is 0 Å². The molecule has 1 aromatic rings. The zero-order chi connectivity index (χ0) is 15.0. The fourth-order valence-electron chi connectivity index (χ4n) is 2.69. The largest absolute Gasteiger partial charge is 0.416 e. The van der Waals surface area contributed by atoms with Crippen molar-refractivity contribution in [3.05, 3.63) is 29.6 Å². The van der Waals surface area contributed by atoms with Crippen LogP contribution in [0.1, 0.15) is 44.2 Å². The summed E-state index contributed by atoms with van der Waals surface area (Å²) in [7, 11) is 0. The quantitative estimate of drug-likeness (QED) is 0.908. The summed E-state index contributed by atoms with van der Waals surface area (Å²) in [6.07, 6.45) is -1.41. The van der Waals surface area contributed by atoms with Crippen LogP contribution >= 0.6 is 0 Å². The second-order valence-corrected chi connectivity index (χ2v) is 5.53. The molecule has 0 bridgehead atoms. The average molecular weight is 289 g/mol. The van der Waals surface area contributed by atoms with Gasteiger partial charge in [-0.15, -0.1) is 0 Å². The summed E-state index contributed by atoms with van der Waals surface area (Å²) < 4.78 is 44.8. The van der Waals surface area contributed by atoms with Gasteiger partial charge in [0.2, 0.25) is 0 Å². The number of hydrogen-bond acceptors (Lipinski definition) is 3. The van der Waals surface area contributed by atoms with Crippen molar-refractivity contribution < 1.29 is 23.0 Å². The van der Waals surface area contributed by atoms with Gasteiger partial charge in [0.1, 0.15) is 0 Å². The van der Waals surface area contributed by atoms with Crippen molar-refractivity contribution in [2.75, 3.05) is 6.61 Å². The summed E-state index contributed by atoms with van der Waals surface area (Å²) in [5, 5.41) is 10.7. The molecule has 1 saturated heterocycles. The van der Waals surface area contributed by atoms with Gasteiger partial charge < -0.3 is 9.84 Å². The Morgan fingerprint density at radius 1 is 1.45 bits per heavy atom. The highest BCUT2D eigenvalue weighted by molar-refractivity contribution is 5.32. The third kappa shape index (κ3) is 2.81. The van der Waals surface area contributed by atoms with Crippen LogP contribution in [0.3, 0.4) is 0 Å². The number of aliphatic hydroxyl groups is 1. The Hall–Kier alpha value is -1.14. The van der Waals surface area contributed by atoms with E-state index in [9.17, 15) is 18.3 Å². The normalized spacial score (nSPS) is 31.3. The first-order valence-electron chi connectivity index (χ1n) is 6.58. The highest BCUT2D eigenvalue weighted by Crippen LogP contribution is 2.44. The minimum Gasteiger partial charge on any atom is -0.385 e. The maximum Gasteiger partial charge on any atom is 0.416 e. The van der Waals surface area contributed by atoms with E-state index in [4.69, 9.17) is 4.74 Å². The first-order valence-corrected chi connectivity index (χ1v) is 6.58. The second-order valence-electron chi connectivity index (χ2n) is 5.53. The molecular weight excluding hydrogens is 271 g/mol. The van der Waals surface area contributed by atoms with Crippen LogP contribution in [0.25, 0.3) is 0 Å². The molecule has 1 fully saturated rings. The minimum absolute atomic E-state index is 0.130. The monoisotopic (exact) mass is 289 g/mol. The van der Waals surface area contributed by atoms with E-state index in [0.29, 0.717) is 6.42 Å². The van der Waals surface area contributed by atoms with Gasteiger partial charge >= 0.3 is 6.18 Å². The molecule has 2 heterocycles. The Kier molecular flexibility index (Phi) is 3.81. The van der Waals surface area contributed by atoms with Crippen LogP contribution in [0, 0.1) is 0 Å². The van der Waals surface area contributed by atoms with Crippen LogP contribution in [0.5, 0.6) is 0 Å². The topological polar surface area (TPSA) is 42.4 Å². The summed E-state index contributed by atoms with van der Waals surface area (Å²) >= 11 is 0. The van der Waals surface area contributed by atoms with Crippen molar-refractivity contribution >= 4 is 0 Å². The fourth-order valence-corrected chi connectivity index (χ4v) is 2.69. The Balaban J connectivity index is 2.45. The number of rotatable bonds is 2. The summed E-state index contributed by atoms with van der Waals surface area (Å²) in [6.45, 7) is 3.92. The van der Waals surface area contributed by atoms with Crippen LogP contribution in [0.2, 0.25) is 0 Å². The molecule has 2 rings (SSSR count). The minimum atomic E-state index is -4.51. The lowest BCUT2D eigenvalue weighted by molar-refractivity contribution is -0.166. The predicted molar refractivity (Wildman–Crippen MR) is 67.0 cm³/mol. The van der Waals surface area contributed by atoms with E-state index in [2.05, 4.69) is 4.98 Å². The molecule has 6 heteroatoms. The van der Waals surface area contributed by atoms with E-state index in [-0.39, 0.29) is 25.0 Å². The molecule has 1 N–H and O–H groups in total. The van der Waals surface area contributed by atoms with Crippen LogP contribution in [0.15, 0.2) is 18.5 Å². The highest BCUT2D eigenvalue weighted by Gasteiger charge is 2.46. The third-order valence-electron chi connectivity index (χ3n) is 4.01. The third-order valence-corrected chi connectivity index (χ3v) is 4.01. The Morgan fingerprint density at radius 3 is 2.75 bits per heavy atom. The van der Waals surface area contributed by atoms with Crippen molar-refractivity contribution in [3.8, 4) is 0 Å². The molecule has 1 aliphatic heterocycles. The van der Waals surface area contributed by atoms with Crippen LogP contribution < -0.4 is 0 Å². The van der Waals surface area contributed by atoms with Gasteiger partial charge in [0.15, 0.2) is 0 Å². The van der Waals surface area contributed by atoms with E-state index in [1.54, 1.807) is 6.92 Å². The van der Waals surface area contributed by atoms with Crippen molar-refractivity contribution in [1.29, 1.82) is 0 Å². The molecule has 0 saturated carbocycles. The smallest absolute Gasteiger partial charge is 0.385 e. The highest BCUT2D eigenvalue weighted by atomic mass is 19.4. The van der Waals surface area contributed by atoms with Gasteiger partial charge in [-0.25, -0.2) is 0 Å². The maximum atomic E-state index is 13.1. The average Bonchev–Trinajstić information content (AvgIpc) is 2.38. The molecule has 0 aliphatic carbocycles. The first-order chi connectivity index (χ1) is 9.20. The molecule has 0 amide bonds. The number of ether oxygens (including phenoxy) is 1. The van der Waals surface area contributed by atoms with E-state index in [1.807, 2.05) is 6.92 Å². The van der Waals surface area contributed by atoms with E-state index >= 15 is 0 Å². The number of nitrogens with zero attached hydrogens (tertiary/aromatic N) is 1. The van der Waals surface area contributed by atoms with Crippen LogP contribution in [-0.2, 0) is 16.5 Å². The van der Waals surface area contributed by atoms with Gasteiger partial charge in [0, 0.05) is 30.8 Å². The summed E-state index contributed by atoms with van der Waals surface area (Å²) in [4.78, 5) is 3.75. The molecule has 20 heavy (non-hydrogen) atoms. The number of alkyl halides is 3. The molecule has 112 valence electrons. The predicted octanol–water partition coefficient (Wildman–Crippen LogP) is 3.27. The van der Waals surface area contributed by atoms with E-state index < -0.39 is 22.9 Å². The maximum absolute atomic E-state index is 13.1. The zero-order valence-electron chi connectivity index (χ0n) is 11.5. The Labute approximate surface area is 115 Å². The summed E-state index contributed by atoms with van der Waals surface area (Å²) in [5.41, 5.74) is -3.15. The van der Waals surface area contributed by atoms with Gasteiger partial charge in [0.25, 0.3) is 0 Å². The molecular formula is C14H18F3NO2. The van der Waals surface area contributed by atoms with Gasteiger partial charge in [-0.3, -0.25) is 4.98 Å². The Morgan fingerprint density at radius 2 is 2.15 bits per heavy atom. The second kappa shape index (κ2) is 5.00. The van der Waals surface area contributed by atoms with E-state index in [0.717, 1.165) is 18.5 Å². The fraction of sp³-hybridized carbons (Fsp3) is 0.643. The van der Waals surface area contributed by atoms with Crippen molar-refractivity contribution in [2.45, 2.75) is 50.5 Å². The Bertz CT molecular complexity index is 492. The van der Waals surface area contributed by atoms with Crippen molar-refractivity contribution in [3.63, 3.8) is 0 Å². The summed E-state index contributed by atoms with van der Waals surface area (Å²) in [5.74, 6) is 0. The van der Waals surface area contributed by atoms with Crippen LogP contribution in [-0.4, -0.2) is 22.3 Å². The molecule has 1 aromatic heterocycles. The number of aromatic nitrogens is 1. The first kappa shape index (κ1) is 15.3. The molecule has 0 spiro atoms. The van der Waals surface area contributed by atoms with Gasteiger partial charge in [-0.2, -0.15) is 13.2 Å². The van der Waals surface area contributed by atoms with Gasteiger partial charge in [0.05, 0.1) is 23.4 Å². The molecule has 3 nitrogen and oxygen atoms in total. The SMILES string of the molecule is CCC1(C)CC(O)(c2cnccc2C(F)(F)F)CCO1. The number of halogens is 3. The van der Waals surface area contributed by atoms with Gasteiger partial charge in [-0.1, -0.05) is 6.92 Å². The van der Waals surface area contributed by atoms with E-state index in [1.165, 1.54) is 0 Å². The molecule has 2 atom stereocenters. The zero-order valence-corrected chi connectivity index (χ0v) is 11.5. The number of hydrogen-bond donors (Lipinski definition) is 1. The number of pyridine rings is 1. The molecule has 2 unspecified atom stereocenters. The van der Waals surface area contributed by atoms with Crippen LogP contribution in [0.4, 0.5) is 13.2 Å². The lowest BCUT2D eigenvalue weighted by Gasteiger charge is -2.43. The summed E-state index contributed by atoms with van der Waals surface area (Å²) in [6, 6.07) is 0.909. The van der Waals surface area contributed by atoms with Crippen molar-refractivity contribution in [1.82, 2.24) is 4.98 Å². The lowest BCUT2D eigenvalue weighted by atomic mass is 9.76. The lowest BCUT2D eigenvalue weighted by Crippen LogP contribution is -2.46. The molecule has 1 aliphatic rings. The van der Waals surface area contributed by atoms with Gasteiger partial charge in [-0.05, 0) is 19.4 Å².